The third-order valence-corrected chi connectivity index (χ3v) is 4.29. The standard InChI is InChI=1S/C18H11ClN2O5S/c19-10-2-4-11(5-3-10)21-16(24)13(15(23)20-18(21)27)8-9-1-6-14(22)12(7-9)17(25)26/h1-8,22H,(H,25,26)(H,20,23,27)/b13-8-. The van der Waals surface area contributed by atoms with Crippen LogP contribution in [0.15, 0.2) is 48.0 Å². The van der Waals surface area contributed by atoms with Gasteiger partial charge in [0.2, 0.25) is 0 Å². The Morgan fingerprint density at radius 3 is 2.44 bits per heavy atom. The average molecular weight is 403 g/mol. The highest BCUT2D eigenvalue weighted by Gasteiger charge is 2.34. The van der Waals surface area contributed by atoms with E-state index in [1.54, 1.807) is 24.3 Å². The second kappa shape index (κ2) is 7.18. The fourth-order valence-corrected chi connectivity index (χ4v) is 2.87. The number of carbonyl (C=O) groups excluding carboxylic acids is 2. The van der Waals surface area contributed by atoms with Gasteiger partial charge < -0.3 is 10.2 Å². The summed E-state index contributed by atoms with van der Waals surface area (Å²) in [7, 11) is 0. The second-order valence-corrected chi connectivity index (χ2v) is 6.34. The predicted octanol–water partition coefficient (Wildman–Crippen LogP) is 2.58. The molecule has 3 N–H and O–H groups in total. The van der Waals surface area contributed by atoms with Crippen LogP contribution in [0.3, 0.4) is 0 Å². The summed E-state index contributed by atoms with van der Waals surface area (Å²) in [6, 6.07) is 10.0. The van der Waals surface area contributed by atoms with Crippen molar-refractivity contribution >= 4 is 58.5 Å². The van der Waals surface area contributed by atoms with Gasteiger partial charge in [-0.3, -0.25) is 19.8 Å². The van der Waals surface area contributed by atoms with Crippen LogP contribution in [-0.4, -0.2) is 33.1 Å². The molecular formula is C18H11ClN2O5S. The Morgan fingerprint density at radius 1 is 1.15 bits per heavy atom. The number of hydrogen-bond donors (Lipinski definition) is 3. The number of carboxylic acid groups (broad SMARTS) is 1. The molecule has 27 heavy (non-hydrogen) atoms. The number of hydrogen-bond acceptors (Lipinski definition) is 5. The van der Waals surface area contributed by atoms with Crippen LogP contribution in [0.1, 0.15) is 15.9 Å². The van der Waals surface area contributed by atoms with Gasteiger partial charge in [0.05, 0.1) is 5.69 Å². The number of benzene rings is 2. The summed E-state index contributed by atoms with van der Waals surface area (Å²) in [6.45, 7) is 0. The number of aromatic hydroxyl groups is 1. The minimum Gasteiger partial charge on any atom is -0.507 e. The first-order valence-electron chi connectivity index (χ1n) is 7.51. The van der Waals surface area contributed by atoms with Crippen LogP contribution < -0.4 is 10.2 Å². The van der Waals surface area contributed by atoms with Crippen LogP contribution in [0.5, 0.6) is 5.75 Å². The fraction of sp³-hybridized carbons (Fsp3) is 0. The molecule has 0 aromatic heterocycles. The molecule has 0 radical (unpaired) electrons. The van der Waals surface area contributed by atoms with Crippen molar-refractivity contribution in [2.24, 2.45) is 0 Å². The number of anilines is 1. The Hall–Kier alpha value is -3.23. The molecule has 1 aliphatic heterocycles. The summed E-state index contributed by atoms with van der Waals surface area (Å²) in [6.07, 6.45) is 1.23. The van der Waals surface area contributed by atoms with Gasteiger partial charge >= 0.3 is 5.97 Å². The molecule has 7 nitrogen and oxygen atoms in total. The maximum Gasteiger partial charge on any atom is 0.339 e. The molecule has 3 rings (SSSR count). The number of thiocarbonyl (C=S) groups is 1. The van der Waals surface area contributed by atoms with Crippen LogP contribution in [0.4, 0.5) is 5.69 Å². The molecule has 0 bridgehead atoms. The fourth-order valence-electron chi connectivity index (χ4n) is 2.46. The van der Waals surface area contributed by atoms with Gasteiger partial charge in [0.1, 0.15) is 16.9 Å². The summed E-state index contributed by atoms with van der Waals surface area (Å²) < 4.78 is 0. The first kappa shape index (κ1) is 18.6. The molecule has 0 saturated carbocycles. The van der Waals surface area contributed by atoms with E-state index in [-0.39, 0.29) is 21.8 Å². The Bertz CT molecular complexity index is 1020. The molecule has 2 aromatic rings. The van der Waals surface area contributed by atoms with Gasteiger partial charge in [0.25, 0.3) is 11.8 Å². The topological polar surface area (TPSA) is 107 Å². The minimum absolute atomic E-state index is 0.0820. The van der Waals surface area contributed by atoms with E-state index in [1.807, 2.05) is 0 Å². The van der Waals surface area contributed by atoms with Crippen molar-refractivity contribution in [3.63, 3.8) is 0 Å². The number of aromatic carboxylic acids is 1. The summed E-state index contributed by atoms with van der Waals surface area (Å²) in [5.41, 5.74) is 0.0866. The molecule has 0 atom stereocenters. The Balaban J connectivity index is 2.03. The van der Waals surface area contributed by atoms with Crippen LogP contribution in [0.2, 0.25) is 5.02 Å². The van der Waals surface area contributed by atoms with E-state index in [0.29, 0.717) is 10.7 Å². The maximum atomic E-state index is 12.8. The van der Waals surface area contributed by atoms with E-state index < -0.39 is 23.5 Å². The highest BCUT2D eigenvalue weighted by molar-refractivity contribution is 7.80. The van der Waals surface area contributed by atoms with E-state index in [1.165, 1.54) is 18.2 Å². The quantitative estimate of drug-likeness (QED) is 0.414. The Morgan fingerprint density at radius 2 is 1.81 bits per heavy atom. The van der Waals surface area contributed by atoms with Crippen LogP contribution in [0, 0.1) is 0 Å². The zero-order valence-corrected chi connectivity index (χ0v) is 15.0. The van der Waals surface area contributed by atoms with Crippen molar-refractivity contribution in [2.45, 2.75) is 0 Å². The zero-order chi connectivity index (χ0) is 19.7. The number of phenols is 1. The molecule has 1 aliphatic rings. The van der Waals surface area contributed by atoms with Crippen molar-refractivity contribution in [3.8, 4) is 5.75 Å². The van der Waals surface area contributed by atoms with Crippen LogP contribution in [-0.2, 0) is 9.59 Å². The van der Waals surface area contributed by atoms with Gasteiger partial charge in [0, 0.05) is 5.02 Å². The van der Waals surface area contributed by atoms with E-state index in [9.17, 15) is 19.5 Å². The number of amides is 2. The number of rotatable bonds is 3. The molecule has 0 aliphatic carbocycles. The van der Waals surface area contributed by atoms with Gasteiger partial charge in [-0.2, -0.15) is 0 Å². The average Bonchev–Trinajstić information content (AvgIpc) is 2.61. The number of halogens is 1. The largest absolute Gasteiger partial charge is 0.507 e. The minimum atomic E-state index is -1.34. The molecule has 9 heteroatoms. The van der Waals surface area contributed by atoms with Gasteiger partial charge in [-0.1, -0.05) is 17.7 Å². The van der Waals surface area contributed by atoms with Crippen LogP contribution >= 0.6 is 23.8 Å². The molecule has 1 fully saturated rings. The van der Waals surface area contributed by atoms with Crippen molar-refractivity contribution in [1.82, 2.24) is 5.32 Å². The molecular weight excluding hydrogens is 392 g/mol. The normalized spacial score (nSPS) is 15.8. The summed E-state index contributed by atoms with van der Waals surface area (Å²) in [5.74, 6) is -3.14. The monoisotopic (exact) mass is 402 g/mol. The third-order valence-electron chi connectivity index (χ3n) is 3.75. The number of carboxylic acids is 1. The first-order valence-corrected chi connectivity index (χ1v) is 8.30. The second-order valence-electron chi connectivity index (χ2n) is 5.52. The van der Waals surface area contributed by atoms with E-state index in [0.717, 1.165) is 11.0 Å². The van der Waals surface area contributed by atoms with Crippen molar-refractivity contribution < 1.29 is 24.6 Å². The molecule has 0 unspecified atom stereocenters. The number of nitrogens with zero attached hydrogens (tertiary/aromatic N) is 1. The van der Waals surface area contributed by atoms with E-state index in [4.69, 9.17) is 28.9 Å². The lowest BCUT2D eigenvalue weighted by atomic mass is 10.0. The molecule has 1 saturated heterocycles. The molecule has 2 amide bonds. The van der Waals surface area contributed by atoms with Crippen molar-refractivity contribution in [2.75, 3.05) is 4.90 Å². The van der Waals surface area contributed by atoms with Crippen molar-refractivity contribution in [1.29, 1.82) is 0 Å². The molecule has 0 spiro atoms. The van der Waals surface area contributed by atoms with Crippen LogP contribution in [0.25, 0.3) is 6.08 Å². The highest BCUT2D eigenvalue weighted by atomic mass is 35.5. The first-order chi connectivity index (χ1) is 12.8. The maximum absolute atomic E-state index is 12.8. The van der Waals surface area contributed by atoms with Crippen molar-refractivity contribution in [3.05, 3.63) is 64.2 Å². The number of nitrogens with one attached hydrogen (secondary N) is 1. The molecule has 1 heterocycles. The molecule has 2 aromatic carbocycles. The predicted molar refractivity (Wildman–Crippen MR) is 103 cm³/mol. The highest BCUT2D eigenvalue weighted by Crippen LogP contribution is 2.25. The van der Waals surface area contributed by atoms with Gasteiger partial charge in [-0.25, -0.2) is 4.79 Å². The zero-order valence-electron chi connectivity index (χ0n) is 13.5. The Labute approximate surface area is 163 Å². The summed E-state index contributed by atoms with van der Waals surface area (Å²) >= 11 is 10.9. The third kappa shape index (κ3) is 3.67. The SMILES string of the molecule is O=C1NC(=S)N(c2ccc(Cl)cc2)C(=O)/C1=C\c1ccc(O)c(C(=O)O)c1. The molecule has 136 valence electrons. The smallest absolute Gasteiger partial charge is 0.339 e. The van der Waals surface area contributed by atoms with Gasteiger partial charge in [0.15, 0.2) is 5.11 Å². The lowest BCUT2D eigenvalue weighted by Gasteiger charge is -2.29. The summed E-state index contributed by atoms with van der Waals surface area (Å²) in [4.78, 5) is 37.3. The number of carbonyl (C=O) groups is 3. The summed E-state index contributed by atoms with van der Waals surface area (Å²) in [5, 5.41) is 21.5. The van der Waals surface area contributed by atoms with E-state index in [2.05, 4.69) is 5.32 Å². The lowest BCUT2D eigenvalue weighted by molar-refractivity contribution is -0.122. The van der Waals surface area contributed by atoms with Gasteiger partial charge in [-0.05, 0) is 60.3 Å². The van der Waals surface area contributed by atoms with E-state index >= 15 is 0 Å². The Kier molecular flexibility index (Phi) is 4.93. The van der Waals surface area contributed by atoms with Gasteiger partial charge in [-0.15, -0.1) is 0 Å². The lowest BCUT2D eigenvalue weighted by Crippen LogP contribution is -2.54.